The van der Waals surface area contributed by atoms with Gasteiger partial charge in [0.2, 0.25) is 5.75 Å². The predicted octanol–water partition coefficient (Wildman–Crippen LogP) is 3.72. The van der Waals surface area contributed by atoms with Crippen molar-refractivity contribution in [2.45, 2.75) is 0 Å². The van der Waals surface area contributed by atoms with E-state index in [4.69, 9.17) is 21.6 Å². The normalized spacial score (nSPS) is 9.71. The third-order valence-corrected chi connectivity index (χ3v) is 2.89. The van der Waals surface area contributed by atoms with Gasteiger partial charge in [-0.25, -0.2) is 0 Å². The molecule has 2 aromatic carbocycles. The monoisotopic (exact) mass is 302 g/mol. The number of carbonyl (C=O) groups is 1. The van der Waals surface area contributed by atoms with Crippen molar-refractivity contribution in [2.75, 3.05) is 0 Å². The van der Waals surface area contributed by atoms with Crippen LogP contribution in [0.15, 0.2) is 36.4 Å². The lowest BCUT2D eigenvalue weighted by Gasteiger charge is -2.08. The standard InChI is InChI=1S/C14H7ClN2O4/c15-11-5-10(8-18)2-3-13(11)21-14-4-1-9(7-16)6-12(14)17(19)20/h1-6,8H. The van der Waals surface area contributed by atoms with Crippen molar-refractivity contribution >= 4 is 23.6 Å². The Morgan fingerprint density at radius 1 is 1.24 bits per heavy atom. The van der Waals surface area contributed by atoms with E-state index in [1.54, 1.807) is 0 Å². The molecule has 0 unspecified atom stereocenters. The molecule has 0 spiro atoms. The molecule has 0 heterocycles. The molecule has 7 heteroatoms. The Kier molecular flexibility index (Phi) is 4.16. The average Bonchev–Trinajstić information content (AvgIpc) is 2.49. The number of halogens is 1. The van der Waals surface area contributed by atoms with Crippen molar-refractivity contribution in [1.82, 2.24) is 0 Å². The number of hydrogen-bond donors (Lipinski definition) is 0. The van der Waals surface area contributed by atoms with Gasteiger partial charge in [-0.15, -0.1) is 0 Å². The number of nitriles is 1. The summed E-state index contributed by atoms with van der Waals surface area (Å²) in [5.74, 6) is 0.134. The molecule has 0 bridgehead atoms. The Labute approximate surface area is 124 Å². The Hall–Kier alpha value is -2.91. The number of benzene rings is 2. The number of nitro benzene ring substituents is 1. The molecular weight excluding hydrogens is 296 g/mol. The van der Waals surface area contributed by atoms with Crippen molar-refractivity contribution in [3.05, 3.63) is 62.7 Å². The number of ether oxygens (including phenoxy) is 1. The van der Waals surface area contributed by atoms with Crippen molar-refractivity contribution in [3.8, 4) is 17.6 Å². The first-order chi connectivity index (χ1) is 10.0. The largest absolute Gasteiger partial charge is 0.449 e. The van der Waals surface area contributed by atoms with Crippen LogP contribution in [-0.4, -0.2) is 11.2 Å². The molecule has 0 radical (unpaired) electrons. The Balaban J connectivity index is 2.42. The van der Waals surface area contributed by atoms with E-state index in [9.17, 15) is 14.9 Å². The molecule has 0 aliphatic rings. The molecule has 2 aromatic rings. The molecule has 21 heavy (non-hydrogen) atoms. The molecule has 0 aliphatic carbocycles. The van der Waals surface area contributed by atoms with Crippen LogP contribution in [0.5, 0.6) is 11.5 Å². The average molecular weight is 303 g/mol. The lowest BCUT2D eigenvalue weighted by Crippen LogP contribution is -1.95. The number of carbonyl (C=O) groups excluding carboxylic acids is 1. The first-order valence-corrected chi connectivity index (χ1v) is 6.04. The number of rotatable bonds is 4. The van der Waals surface area contributed by atoms with Crippen LogP contribution in [0.4, 0.5) is 5.69 Å². The fraction of sp³-hybridized carbons (Fsp3) is 0. The van der Waals surface area contributed by atoms with E-state index >= 15 is 0 Å². The summed E-state index contributed by atoms with van der Waals surface area (Å²) in [4.78, 5) is 21.0. The Morgan fingerprint density at radius 2 is 1.95 bits per heavy atom. The maximum absolute atomic E-state index is 11.0. The molecule has 104 valence electrons. The predicted molar refractivity (Wildman–Crippen MR) is 74.7 cm³/mol. The first kappa shape index (κ1) is 14.5. The van der Waals surface area contributed by atoms with Gasteiger partial charge in [0.25, 0.3) is 0 Å². The van der Waals surface area contributed by atoms with Gasteiger partial charge in [-0.1, -0.05) is 11.6 Å². The molecule has 0 saturated heterocycles. The van der Waals surface area contributed by atoms with Gasteiger partial charge in [0.05, 0.1) is 21.6 Å². The van der Waals surface area contributed by atoms with Crippen molar-refractivity contribution < 1.29 is 14.5 Å². The van der Waals surface area contributed by atoms with E-state index in [-0.39, 0.29) is 27.8 Å². The van der Waals surface area contributed by atoms with E-state index < -0.39 is 4.92 Å². The lowest BCUT2D eigenvalue weighted by molar-refractivity contribution is -0.385. The summed E-state index contributed by atoms with van der Waals surface area (Å²) in [5.41, 5.74) is 0.169. The molecule has 0 aromatic heterocycles. The zero-order valence-electron chi connectivity index (χ0n) is 10.4. The van der Waals surface area contributed by atoms with Crippen LogP contribution >= 0.6 is 11.6 Å². The molecule has 0 amide bonds. The highest BCUT2D eigenvalue weighted by Gasteiger charge is 2.18. The molecule has 0 N–H and O–H groups in total. The summed E-state index contributed by atoms with van der Waals surface area (Å²) in [7, 11) is 0. The van der Waals surface area contributed by atoms with Crippen LogP contribution < -0.4 is 4.74 Å². The zero-order chi connectivity index (χ0) is 15.4. The highest BCUT2D eigenvalue weighted by molar-refractivity contribution is 6.32. The van der Waals surface area contributed by atoms with Crippen LogP contribution in [0.2, 0.25) is 5.02 Å². The maximum Gasteiger partial charge on any atom is 0.312 e. The van der Waals surface area contributed by atoms with Crippen molar-refractivity contribution in [3.63, 3.8) is 0 Å². The van der Waals surface area contributed by atoms with Crippen LogP contribution in [-0.2, 0) is 0 Å². The zero-order valence-corrected chi connectivity index (χ0v) is 11.2. The van der Waals surface area contributed by atoms with Gasteiger partial charge >= 0.3 is 5.69 Å². The van der Waals surface area contributed by atoms with Gasteiger partial charge in [0.15, 0.2) is 0 Å². The molecule has 0 atom stereocenters. The Bertz CT molecular complexity index is 768. The molecule has 0 aliphatic heterocycles. The fourth-order valence-corrected chi connectivity index (χ4v) is 1.84. The second-order valence-corrected chi connectivity index (χ2v) is 4.37. The third-order valence-electron chi connectivity index (χ3n) is 2.60. The van der Waals surface area contributed by atoms with Gasteiger partial charge in [0, 0.05) is 11.6 Å². The fourth-order valence-electron chi connectivity index (χ4n) is 1.61. The van der Waals surface area contributed by atoms with Gasteiger partial charge in [-0.05, 0) is 30.3 Å². The van der Waals surface area contributed by atoms with E-state index in [0.29, 0.717) is 11.8 Å². The molecule has 6 nitrogen and oxygen atoms in total. The van der Waals surface area contributed by atoms with Gasteiger partial charge < -0.3 is 4.74 Å². The SMILES string of the molecule is N#Cc1ccc(Oc2ccc(C=O)cc2Cl)c([N+](=O)[O-])c1. The summed E-state index contributed by atoms with van der Waals surface area (Å²) in [6.45, 7) is 0. The Morgan fingerprint density at radius 3 is 2.52 bits per heavy atom. The summed E-state index contributed by atoms with van der Waals surface area (Å²) < 4.78 is 5.40. The molecule has 0 saturated carbocycles. The quantitative estimate of drug-likeness (QED) is 0.487. The molecule has 2 rings (SSSR count). The van der Waals surface area contributed by atoms with Crippen molar-refractivity contribution in [1.29, 1.82) is 5.26 Å². The summed E-state index contributed by atoms with van der Waals surface area (Å²) >= 11 is 5.94. The summed E-state index contributed by atoms with van der Waals surface area (Å²) in [5, 5.41) is 19.9. The van der Waals surface area contributed by atoms with Crippen LogP contribution in [0.1, 0.15) is 15.9 Å². The number of nitrogens with zero attached hydrogens (tertiary/aromatic N) is 2. The number of aldehydes is 1. The third kappa shape index (κ3) is 3.16. The van der Waals surface area contributed by atoms with Gasteiger partial charge in [-0.3, -0.25) is 14.9 Å². The first-order valence-electron chi connectivity index (χ1n) is 5.66. The van der Waals surface area contributed by atoms with Crippen LogP contribution in [0, 0.1) is 21.4 Å². The number of nitro groups is 1. The van der Waals surface area contributed by atoms with E-state index in [0.717, 1.165) is 6.07 Å². The van der Waals surface area contributed by atoms with E-state index in [2.05, 4.69) is 0 Å². The van der Waals surface area contributed by atoms with Crippen LogP contribution in [0.3, 0.4) is 0 Å². The van der Waals surface area contributed by atoms with Gasteiger partial charge in [0.1, 0.15) is 12.0 Å². The topological polar surface area (TPSA) is 93.2 Å². The lowest BCUT2D eigenvalue weighted by atomic mass is 10.2. The summed E-state index contributed by atoms with van der Waals surface area (Å²) in [6.07, 6.45) is 0.625. The highest BCUT2D eigenvalue weighted by atomic mass is 35.5. The number of hydrogen-bond acceptors (Lipinski definition) is 5. The minimum atomic E-state index is -0.649. The maximum atomic E-state index is 11.0. The second kappa shape index (κ2) is 6.03. The smallest absolute Gasteiger partial charge is 0.312 e. The second-order valence-electron chi connectivity index (χ2n) is 3.96. The minimum absolute atomic E-state index is 0.0419. The minimum Gasteiger partial charge on any atom is -0.449 e. The highest BCUT2D eigenvalue weighted by Crippen LogP contribution is 2.35. The van der Waals surface area contributed by atoms with E-state index in [1.165, 1.54) is 30.3 Å². The summed E-state index contributed by atoms with van der Waals surface area (Å²) in [6, 6.07) is 9.95. The van der Waals surface area contributed by atoms with E-state index in [1.807, 2.05) is 6.07 Å². The molecular formula is C14H7ClN2O4. The molecule has 0 fully saturated rings. The van der Waals surface area contributed by atoms with Gasteiger partial charge in [-0.2, -0.15) is 5.26 Å². The van der Waals surface area contributed by atoms with Crippen LogP contribution in [0.25, 0.3) is 0 Å². The van der Waals surface area contributed by atoms with Crippen molar-refractivity contribution in [2.24, 2.45) is 0 Å².